The van der Waals surface area contributed by atoms with E-state index in [4.69, 9.17) is 4.74 Å². The highest BCUT2D eigenvalue weighted by Crippen LogP contribution is 2.18. The van der Waals surface area contributed by atoms with Crippen molar-refractivity contribution in [1.82, 2.24) is 14.8 Å². The van der Waals surface area contributed by atoms with Gasteiger partial charge in [0.15, 0.2) is 0 Å². The van der Waals surface area contributed by atoms with Gasteiger partial charge in [-0.2, -0.15) is 0 Å². The van der Waals surface area contributed by atoms with Crippen molar-refractivity contribution in [2.24, 2.45) is 0 Å². The normalized spacial score (nSPS) is 21.7. The van der Waals surface area contributed by atoms with Gasteiger partial charge in [-0.1, -0.05) is 24.3 Å². The van der Waals surface area contributed by atoms with Gasteiger partial charge in [0.05, 0.1) is 11.6 Å². The zero-order valence-corrected chi connectivity index (χ0v) is 15.0. The van der Waals surface area contributed by atoms with Crippen molar-refractivity contribution in [3.8, 4) is 0 Å². The summed E-state index contributed by atoms with van der Waals surface area (Å²) in [6, 6.07) is 10.00. The highest BCUT2D eigenvalue weighted by atomic mass is 16.5. The average molecular weight is 351 g/mol. The van der Waals surface area contributed by atoms with Gasteiger partial charge in [-0.3, -0.25) is 14.7 Å². The number of amides is 1. The molecule has 0 bridgehead atoms. The maximum atomic E-state index is 12.5. The van der Waals surface area contributed by atoms with E-state index < -0.39 is 0 Å². The third-order valence-corrected chi connectivity index (χ3v) is 5.24. The number of aromatic nitrogens is 1. The summed E-state index contributed by atoms with van der Waals surface area (Å²) in [4.78, 5) is 21.3. The smallest absolute Gasteiger partial charge is 0.246 e. The predicted molar refractivity (Wildman–Crippen MR) is 103 cm³/mol. The molecule has 5 heteroatoms. The number of carbonyl (C=O) groups excluding carboxylic acids is 1. The van der Waals surface area contributed by atoms with E-state index in [1.54, 1.807) is 12.3 Å². The van der Waals surface area contributed by atoms with E-state index in [2.05, 4.69) is 9.88 Å². The van der Waals surface area contributed by atoms with Gasteiger partial charge in [-0.15, -0.1) is 0 Å². The molecule has 3 heterocycles. The van der Waals surface area contributed by atoms with Crippen LogP contribution in [0.5, 0.6) is 0 Å². The molecule has 1 aromatic heterocycles. The maximum absolute atomic E-state index is 12.5. The van der Waals surface area contributed by atoms with Crippen LogP contribution in [0.2, 0.25) is 0 Å². The second-order valence-corrected chi connectivity index (χ2v) is 7.02. The van der Waals surface area contributed by atoms with Crippen LogP contribution in [0.1, 0.15) is 18.4 Å². The molecule has 4 rings (SSSR count). The lowest BCUT2D eigenvalue weighted by atomic mass is 10.1. The summed E-state index contributed by atoms with van der Waals surface area (Å²) in [6.45, 7) is 5.31. The number of piperazine rings is 1. The van der Waals surface area contributed by atoms with Gasteiger partial charge in [-0.05, 0) is 25.0 Å². The van der Waals surface area contributed by atoms with Crippen molar-refractivity contribution in [2.45, 2.75) is 18.9 Å². The van der Waals surface area contributed by atoms with Crippen LogP contribution < -0.4 is 0 Å². The third kappa shape index (κ3) is 3.94. The number of pyridine rings is 1. The van der Waals surface area contributed by atoms with Crippen LogP contribution in [-0.2, 0) is 9.53 Å². The first kappa shape index (κ1) is 17.2. The second kappa shape index (κ2) is 7.98. The summed E-state index contributed by atoms with van der Waals surface area (Å²) >= 11 is 0. The molecule has 26 heavy (non-hydrogen) atoms. The van der Waals surface area contributed by atoms with Crippen molar-refractivity contribution >= 4 is 22.9 Å². The van der Waals surface area contributed by atoms with E-state index in [0.717, 1.165) is 55.8 Å². The van der Waals surface area contributed by atoms with Crippen LogP contribution >= 0.6 is 0 Å². The molecular formula is C21H25N3O2. The second-order valence-electron chi connectivity index (χ2n) is 7.02. The molecule has 2 aliphatic heterocycles. The number of para-hydroxylation sites is 1. The molecule has 0 radical (unpaired) electrons. The molecule has 2 fully saturated rings. The van der Waals surface area contributed by atoms with Gasteiger partial charge in [-0.25, -0.2) is 0 Å². The Morgan fingerprint density at radius 3 is 2.85 bits per heavy atom. The number of ether oxygens (including phenoxy) is 1. The van der Waals surface area contributed by atoms with Crippen molar-refractivity contribution in [1.29, 1.82) is 0 Å². The molecule has 136 valence electrons. The fourth-order valence-electron chi connectivity index (χ4n) is 3.76. The Morgan fingerprint density at radius 2 is 2.04 bits per heavy atom. The van der Waals surface area contributed by atoms with Crippen molar-refractivity contribution in [3.05, 3.63) is 48.2 Å². The Hall–Kier alpha value is -2.24. The Labute approximate surface area is 154 Å². The molecule has 5 nitrogen and oxygen atoms in total. The molecule has 2 saturated heterocycles. The first-order valence-electron chi connectivity index (χ1n) is 9.44. The number of nitrogens with zero attached hydrogens (tertiary/aromatic N) is 3. The van der Waals surface area contributed by atoms with E-state index in [0.29, 0.717) is 6.10 Å². The standard InChI is InChI=1S/C21H25N3O2/c25-20(9-8-18-5-1-4-17-6-2-10-22-21(17)18)24-13-11-23(12-14-24)16-19-7-3-15-26-19/h1-2,4-6,8-10,19H,3,7,11-16H2/b9-8+. The van der Waals surface area contributed by atoms with Crippen LogP contribution in [-0.4, -0.2) is 66.1 Å². The van der Waals surface area contributed by atoms with E-state index in [9.17, 15) is 4.79 Å². The molecule has 1 unspecified atom stereocenters. The molecule has 2 aliphatic rings. The van der Waals surface area contributed by atoms with Crippen LogP contribution in [0.4, 0.5) is 0 Å². The number of rotatable bonds is 4. The van der Waals surface area contributed by atoms with Crippen LogP contribution in [0.3, 0.4) is 0 Å². The summed E-state index contributed by atoms with van der Waals surface area (Å²) < 4.78 is 5.71. The third-order valence-electron chi connectivity index (χ3n) is 5.24. The summed E-state index contributed by atoms with van der Waals surface area (Å²) in [5.74, 6) is 0.0784. The van der Waals surface area contributed by atoms with Crippen molar-refractivity contribution in [2.75, 3.05) is 39.3 Å². The SMILES string of the molecule is O=C(/C=C/c1cccc2cccnc12)N1CCN(CC2CCCO2)CC1. The Bertz CT molecular complexity index is 785. The molecule has 1 aromatic carbocycles. The zero-order valence-electron chi connectivity index (χ0n) is 15.0. The molecular weight excluding hydrogens is 326 g/mol. The number of hydrogen-bond donors (Lipinski definition) is 0. The van der Waals surface area contributed by atoms with E-state index in [-0.39, 0.29) is 5.91 Å². The van der Waals surface area contributed by atoms with Crippen LogP contribution in [0.25, 0.3) is 17.0 Å². The minimum absolute atomic E-state index is 0.0784. The lowest BCUT2D eigenvalue weighted by Gasteiger charge is -2.35. The number of fused-ring (bicyclic) bond motifs is 1. The number of benzene rings is 1. The van der Waals surface area contributed by atoms with Gasteiger partial charge < -0.3 is 9.64 Å². The Kier molecular flexibility index (Phi) is 5.27. The first-order chi connectivity index (χ1) is 12.8. The maximum Gasteiger partial charge on any atom is 0.246 e. The van der Waals surface area contributed by atoms with Crippen LogP contribution in [0.15, 0.2) is 42.6 Å². The van der Waals surface area contributed by atoms with E-state index >= 15 is 0 Å². The molecule has 1 atom stereocenters. The summed E-state index contributed by atoms with van der Waals surface area (Å²) in [6.07, 6.45) is 8.08. The molecule has 0 N–H and O–H groups in total. The van der Waals surface area contributed by atoms with Gasteiger partial charge in [0.1, 0.15) is 0 Å². The zero-order chi connectivity index (χ0) is 17.8. The minimum atomic E-state index is 0.0784. The van der Waals surface area contributed by atoms with Gasteiger partial charge in [0, 0.05) is 62.6 Å². The topological polar surface area (TPSA) is 45.7 Å². The minimum Gasteiger partial charge on any atom is -0.377 e. The van der Waals surface area contributed by atoms with Gasteiger partial charge in [0.2, 0.25) is 5.91 Å². The van der Waals surface area contributed by atoms with Crippen molar-refractivity contribution in [3.63, 3.8) is 0 Å². The highest BCUT2D eigenvalue weighted by Gasteiger charge is 2.24. The summed E-state index contributed by atoms with van der Waals surface area (Å²) in [5.41, 5.74) is 1.91. The summed E-state index contributed by atoms with van der Waals surface area (Å²) in [7, 11) is 0. The average Bonchev–Trinajstić information content (AvgIpc) is 3.19. The Morgan fingerprint density at radius 1 is 1.19 bits per heavy atom. The van der Waals surface area contributed by atoms with Gasteiger partial charge in [0.25, 0.3) is 0 Å². The molecule has 0 saturated carbocycles. The number of hydrogen-bond acceptors (Lipinski definition) is 4. The summed E-state index contributed by atoms with van der Waals surface area (Å²) in [5, 5.41) is 1.09. The molecule has 1 amide bonds. The van der Waals surface area contributed by atoms with Crippen molar-refractivity contribution < 1.29 is 9.53 Å². The Balaban J connectivity index is 1.34. The first-order valence-corrected chi connectivity index (χ1v) is 9.44. The quantitative estimate of drug-likeness (QED) is 0.795. The fourth-order valence-corrected chi connectivity index (χ4v) is 3.76. The molecule has 0 spiro atoms. The van der Waals surface area contributed by atoms with E-state index in [1.165, 1.54) is 12.8 Å². The lowest BCUT2D eigenvalue weighted by molar-refractivity contribution is -0.127. The highest BCUT2D eigenvalue weighted by molar-refractivity contribution is 5.95. The largest absolute Gasteiger partial charge is 0.377 e. The number of carbonyl (C=O) groups is 1. The van der Waals surface area contributed by atoms with Gasteiger partial charge >= 0.3 is 0 Å². The predicted octanol–water partition coefficient (Wildman–Crippen LogP) is 2.57. The molecule has 0 aliphatic carbocycles. The monoisotopic (exact) mass is 351 g/mol. The lowest BCUT2D eigenvalue weighted by Crippen LogP contribution is -2.50. The molecule has 2 aromatic rings. The van der Waals surface area contributed by atoms with E-state index in [1.807, 2.05) is 41.3 Å². The van der Waals surface area contributed by atoms with Crippen LogP contribution in [0, 0.1) is 0 Å². The fraction of sp³-hybridized carbons (Fsp3) is 0.429.